The van der Waals surface area contributed by atoms with Crippen LogP contribution in [0.2, 0.25) is 5.02 Å². The van der Waals surface area contributed by atoms with E-state index in [4.69, 9.17) is 21.1 Å². The quantitative estimate of drug-likeness (QED) is 0.606. The van der Waals surface area contributed by atoms with Gasteiger partial charge in [0.25, 0.3) is 0 Å². The predicted octanol–water partition coefficient (Wildman–Crippen LogP) is 2.28. The first-order chi connectivity index (χ1) is 12.6. The van der Waals surface area contributed by atoms with E-state index in [1.807, 2.05) is 25.2 Å². The number of anilines is 1. The van der Waals surface area contributed by atoms with Crippen LogP contribution >= 0.6 is 11.6 Å². The lowest BCUT2D eigenvalue weighted by Gasteiger charge is -2.36. The van der Waals surface area contributed by atoms with Gasteiger partial charge in [-0.15, -0.1) is 0 Å². The van der Waals surface area contributed by atoms with Crippen LogP contribution < -0.4 is 15.5 Å². The summed E-state index contributed by atoms with van der Waals surface area (Å²) in [7, 11) is 3.59. The summed E-state index contributed by atoms with van der Waals surface area (Å²) in [5.41, 5.74) is 1.00. The van der Waals surface area contributed by atoms with Crippen molar-refractivity contribution in [3.05, 3.63) is 29.3 Å². The van der Waals surface area contributed by atoms with Gasteiger partial charge in [-0.1, -0.05) is 17.7 Å². The van der Waals surface area contributed by atoms with Crippen LogP contribution in [0.5, 0.6) is 0 Å². The van der Waals surface area contributed by atoms with Crippen molar-refractivity contribution in [2.24, 2.45) is 4.99 Å². The Labute approximate surface area is 160 Å². The molecule has 2 aliphatic heterocycles. The summed E-state index contributed by atoms with van der Waals surface area (Å²) in [6.45, 7) is 4.17. The van der Waals surface area contributed by atoms with Crippen molar-refractivity contribution in [3.8, 4) is 0 Å². The molecule has 0 saturated carbocycles. The van der Waals surface area contributed by atoms with E-state index >= 15 is 0 Å². The number of hydrogen-bond acceptors (Lipinski definition) is 4. The number of ether oxygens (including phenoxy) is 2. The summed E-state index contributed by atoms with van der Waals surface area (Å²) in [5, 5.41) is 7.75. The lowest BCUT2D eigenvalue weighted by atomic mass is 9.94. The number of nitrogens with one attached hydrogen (secondary N) is 2. The van der Waals surface area contributed by atoms with Gasteiger partial charge < -0.3 is 25.0 Å². The molecule has 144 valence electrons. The minimum absolute atomic E-state index is 0.168. The second kappa shape index (κ2) is 8.93. The van der Waals surface area contributed by atoms with Crippen LogP contribution in [0.4, 0.5) is 5.69 Å². The molecule has 2 aliphatic rings. The molecule has 26 heavy (non-hydrogen) atoms. The van der Waals surface area contributed by atoms with Crippen molar-refractivity contribution in [1.29, 1.82) is 0 Å². The maximum atomic E-state index is 6.12. The van der Waals surface area contributed by atoms with Crippen molar-refractivity contribution in [2.45, 2.75) is 30.9 Å². The summed E-state index contributed by atoms with van der Waals surface area (Å²) in [4.78, 5) is 6.73. The standard InChI is InChI=1S/C19H29ClN4O2/c1-21-18(22-14-19(25-2)7-10-26-11-8-19)23-16-6-9-24(13-16)17-5-3-4-15(20)12-17/h3-5,12,16H,6-11,13-14H2,1-2H3,(H2,21,22,23). The highest BCUT2D eigenvalue weighted by molar-refractivity contribution is 6.30. The first kappa shape index (κ1) is 19.3. The van der Waals surface area contributed by atoms with E-state index in [0.717, 1.165) is 63.1 Å². The van der Waals surface area contributed by atoms with Crippen molar-refractivity contribution >= 4 is 23.2 Å². The number of aliphatic imine (C=N–C) groups is 1. The summed E-state index contributed by atoms with van der Waals surface area (Å²) in [6.07, 6.45) is 2.87. The molecule has 0 amide bonds. The summed E-state index contributed by atoms with van der Waals surface area (Å²) in [5.74, 6) is 0.825. The van der Waals surface area contributed by atoms with Crippen LogP contribution in [0, 0.1) is 0 Å². The Morgan fingerprint density at radius 1 is 1.42 bits per heavy atom. The van der Waals surface area contributed by atoms with Crippen molar-refractivity contribution in [1.82, 2.24) is 10.6 Å². The molecule has 0 aliphatic carbocycles. The molecule has 1 aromatic carbocycles. The van der Waals surface area contributed by atoms with Gasteiger partial charge in [-0.25, -0.2) is 0 Å². The number of halogens is 1. The van der Waals surface area contributed by atoms with E-state index in [0.29, 0.717) is 6.04 Å². The highest BCUT2D eigenvalue weighted by Gasteiger charge is 2.33. The molecule has 2 heterocycles. The molecule has 2 saturated heterocycles. The lowest BCUT2D eigenvalue weighted by Crippen LogP contribution is -2.52. The van der Waals surface area contributed by atoms with Crippen LogP contribution in [0.3, 0.4) is 0 Å². The summed E-state index contributed by atoms with van der Waals surface area (Å²) < 4.78 is 11.2. The number of benzene rings is 1. The van der Waals surface area contributed by atoms with Crippen LogP contribution in [0.15, 0.2) is 29.3 Å². The maximum Gasteiger partial charge on any atom is 0.191 e. The monoisotopic (exact) mass is 380 g/mol. The highest BCUT2D eigenvalue weighted by atomic mass is 35.5. The Balaban J connectivity index is 1.51. The molecule has 1 unspecified atom stereocenters. The van der Waals surface area contributed by atoms with Crippen molar-refractivity contribution in [2.75, 3.05) is 51.9 Å². The first-order valence-corrected chi connectivity index (χ1v) is 9.62. The normalized spacial score (nSPS) is 23.1. The zero-order valence-corrected chi connectivity index (χ0v) is 16.4. The largest absolute Gasteiger partial charge is 0.381 e. The van der Waals surface area contributed by atoms with Gasteiger partial charge in [0.05, 0.1) is 5.60 Å². The molecular formula is C19H29ClN4O2. The molecule has 0 aromatic heterocycles. The Hall–Kier alpha value is -1.50. The summed E-state index contributed by atoms with van der Waals surface area (Å²) in [6, 6.07) is 8.38. The van der Waals surface area contributed by atoms with Crippen LogP contribution in [-0.2, 0) is 9.47 Å². The molecule has 2 fully saturated rings. The number of methoxy groups -OCH3 is 1. The van der Waals surface area contributed by atoms with Gasteiger partial charge in [0.1, 0.15) is 0 Å². The van der Waals surface area contributed by atoms with Gasteiger partial charge >= 0.3 is 0 Å². The minimum atomic E-state index is -0.168. The van der Waals surface area contributed by atoms with Crippen molar-refractivity contribution < 1.29 is 9.47 Å². The topological polar surface area (TPSA) is 58.1 Å². The predicted molar refractivity (Wildman–Crippen MR) is 106 cm³/mol. The molecule has 0 radical (unpaired) electrons. The molecular weight excluding hydrogens is 352 g/mol. The SMILES string of the molecule is CN=C(NCC1(OC)CCOCC1)NC1CCN(c2cccc(Cl)c2)C1. The third kappa shape index (κ3) is 4.81. The highest BCUT2D eigenvalue weighted by Crippen LogP contribution is 2.24. The average Bonchev–Trinajstić information content (AvgIpc) is 3.14. The second-order valence-electron chi connectivity index (χ2n) is 6.98. The van der Waals surface area contributed by atoms with E-state index in [-0.39, 0.29) is 5.60 Å². The third-order valence-corrected chi connectivity index (χ3v) is 5.58. The zero-order chi connectivity index (χ0) is 18.4. The van der Waals surface area contributed by atoms with Crippen LogP contribution in [0.1, 0.15) is 19.3 Å². The van der Waals surface area contributed by atoms with Crippen LogP contribution in [0.25, 0.3) is 0 Å². The molecule has 1 aromatic rings. The van der Waals surface area contributed by atoms with E-state index in [9.17, 15) is 0 Å². The van der Waals surface area contributed by atoms with E-state index in [1.54, 1.807) is 7.11 Å². The fraction of sp³-hybridized carbons (Fsp3) is 0.632. The fourth-order valence-electron chi connectivity index (χ4n) is 3.61. The van der Waals surface area contributed by atoms with Crippen molar-refractivity contribution in [3.63, 3.8) is 0 Å². The number of guanidine groups is 1. The van der Waals surface area contributed by atoms with E-state index < -0.39 is 0 Å². The van der Waals surface area contributed by atoms with E-state index in [2.05, 4.69) is 26.6 Å². The Morgan fingerprint density at radius 3 is 2.92 bits per heavy atom. The number of nitrogens with zero attached hydrogens (tertiary/aromatic N) is 2. The van der Waals surface area contributed by atoms with E-state index in [1.165, 1.54) is 5.69 Å². The van der Waals surface area contributed by atoms with Gasteiger partial charge in [-0.3, -0.25) is 4.99 Å². The molecule has 1 atom stereocenters. The van der Waals surface area contributed by atoms with Gasteiger partial charge in [0.15, 0.2) is 5.96 Å². The zero-order valence-electron chi connectivity index (χ0n) is 15.6. The Kier molecular flexibility index (Phi) is 6.62. The third-order valence-electron chi connectivity index (χ3n) is 5.34. The molecule has 0 spiro atoms. The molecule has 7 heteroatoms. The first-order valence-electron chi connectivity index (χ1n) is 9.25. The molecule has 6 nitrogen and oxygen atoms in total. The molecule has 2 N–H and O–H groups in total. The number of rotatable bonds is 5. The lowest BCUT2D eigenvalue weighted by molar-refractivity contribution is -0.0855. The second-order valence-corrected chi connectivity index (χ2v) is 7.42. The van der Waals surface area contributed by atoms with Gasteiger partial charge in [-0.2, -0.15) is 0 Å². The van der Waals surface area contributed by atoms with Gasteiger partial charge in [0.2, 0.25) is 0 Å². The Morgan fingerprint density at radius 2 is 2.23 bits per heavy atom. The van der Waals surface area contributed by atoms with Gasteiger partial charge in [-0.05, 0) is 24.6 Å². The maximum absolute atomic E-state index is 6.12. The Bertz CT molecular complexity index is 619. The molecule has 0 bridgehead atoms. The minimum Gasteiger partial charge on any atom is -0.381 e. The molecule has 3 rings (SSSR count). The average molecular weight is 381 g/mol. The smallest absolute Gasteiger partial charge is 0.191 e. The van der Waals surface area contributed by atoms with Gasteiger partial charge in [0, 0.05) is 76.6 Å². The fourth-order valence-corrected chi connectivity index (χ4v) is 3.80. The van der Waals surface area contributed by atoms with Crippen LogP contribution in [-0.4, -0.2) is 64.6 Å². The summed E-state index contributed by atoms with van der Waals surface area (Å²) >= 11 is 6.12. The number of hydrogen-bond donors (Lipinski definition) is 2.